The van der Waals surface area contributed by atoms with Gasteiger partial charge in [-0.25, -0.2) is 0 Å². The third-order valence-electron chi connectivity index (χ3n) is 3.83. The Morgan fingerprint density at radius 1 is 1.09 bits per heavy atom. The fraction of sp³-hybridized carbons (Fsp3) is 0.222. The number of nitrogens with zero attached hydrogens (tertiary/aromatic N) is 1. The molecule has 1 aliphatic rings. The molecule has 0 atom stereocenters. The predicted octanol–water partition coefficient (Wildman–Crippen LogP) is 2.91. The highest BCUT2D eigenvalue weighted by Gasteiger charge is 2.25. The summed E-state index contributed by atoms with van der Waals surface area (Å²) in [7, 11) is 0. The first-order valence-corrected chi connectivity index (χ1v) is 7.38. The Balaban J connectivity index is 1.73. The average molecular weight is 294 g/mol. The van der Waals surface area contributed by atoms with E-state index in [-0.39, 0.29) is 18.4 Å². The van der Waals surface area contributed by atoms with Gasteiger partial charge in [-0.15, -0.1) is 0 Å². The number of fused-ring (bicyclic) bond motifs is 1. The van der Waals surface area contributed by atoms with Crippen LogP contribution in [0.25, 0.3) is 0 Å². The molecule has 112 valence electrons. The van der Waals surface area contributed by atoms with Crippen LogP contribution >= 0.6 is 0 Å². The third-order valence-corrected chi connectivity index (χ3v) is 3.83. The van der Waals surface area contributed by atoms with Crippen LogP contribution in [0.4, 0.5) is 11.4 Å². The zero-order valence-electron chi connectivity index (χ0n) is 12.5. The summed E-state index contributed by atoms with van der Waals surface area (Å²) in [4.78, 5) is 25.9. The Hall–Kier alpha value is -2.62. The maximum absolute atomic E-state index is 12.2. The van der Waals surface area contributed by atoms with E-state index in [0.717, 1.165) is 28.9 Å². The highest BCUT2D eigenvalue weighted by atomic mass is 16.2. The van der Waals surface area contributed by atoms with Crippen LogP contribution in [0.15, 0.2) is 48.5 Å². The molecule has 2 amide bonds. The average Bonchev–Trinajstić information content (AvgIpc) is 2.52. The van der Waals surface area contributed by atoms with Gasteiger partial charge in [0.25, 0.3) is 0 Å². The van der Waals surface area contributed by atoms with Gasteiger partial charge in [-0.3, -0.25) is 9.59 Å². The minimum absolute atomic E-state index is 0.00208. The number of hydrogen-bond acceptors (Lipinski definition) is 2. The van der Waals surface area contributed by atoms with Crippen molar-refractivity contribution < 1.29 is 9.59 Å². The minimum Gasteiger partial charge on any atom is -0.325 e. The van der Waals surface area contributed by atoms with Crippen molar-refractivity contribution >= 4 is 23.2 Å². The lowest BCUT2D eigenvalue weighted by molar-refractivity contribution is -0.121. The van der Waals surface area contributed by atoms with E-state index in [1.54, 1.807) is 4.90 Å². The summed E-state index contributed by atoms with van der Waals surface area (Å²) in [6, 6.07) is 15.4. The van der Waals surface area contributed by atoms with E-state index in [1.807, 2.05) is 55.5 Å². The van der Waals surface area contributed by atoms with E-state index >= 15 is 0 Å². The van der Waals surface area contributed by atoms with E-state index in [2.05, 4.69) is 5.32 Å². The van der Waals surface area contributed by atoms with E-state index in [1.165, 1.54) is 0 Å². The van der Waals surface area contributed by atoms with Crippen molar-refractivity contribution in [2.24, 2.45) is 0 Å². The number of hydrogen-bond donors (Lipinski definition) is 1. The van der Waals surface area contributed by atoms with Gasteiger partial charge in [-0.2, -0.15) is 0 Å². The molecule has 22 heavy (non-hydrogen) atoms. The van der Waals surface area contributed by atoms with Crippen molar-refractivity contribution in [1.29, 1.82) is 0 Å². The Bertz CT molecular complexity index is 707. The van der Waals surface area contributed by atoms with Crippen LogP contribution < -0.4 is 10.2 Å². The van der Waals surface area contributed by atoms with Crippen LogP contribution in [0.3, 0.4) is 0 Å². The number of carbonyl (C=O) groups is 2. The van der Waals surface area contributed by atoms with Crippen LogP contribution in [-0.4, -0.2) is 18.4 Å². The maximum Gasteiger partial charge on any atom is 0.244 e. The second-order valence-electron chi connectivity index (χ2n) is 5.52. The molecule has 2 aromatic carbocycles. The van der Waals surface area contributed by atoms with E-state index in [9.17, 15) is 9.59 Å². The van der Waals surface area contributed by atoms with E-state index in [0.29, 0.717) is 6.42 Å². The van der Waals surface area contributed by atoms with Gasteiger partial charge < -0.3 is 10.2 Å². The van der Waals surface area contributed by atoms with Gasteiger partial charge >= 0.3 is 0 Å². The van der Waals surface area contributed by atoms with Gasteiger partial charge in [0.05, 0.1) is 0 Å². The van der Waals surface area contributed by atoms with Gasteiger partial charge in [-0.05, 0) is 37.1 Å². The summed E-state index contributed by atoms with van der Waals surface area (Å²) in [5.74, 6) is -0.188. The molecule has 1 N–H and O–H groups in total. The molecule has 0 radical (unpaired) electrons. The van der Waals surface area contributed by atoms with E-state index in [4.69, 9.17) is 0 Å². The first kappa shape index (κ1) is 14.3. The largest absolute Gasteiger partial charge is 0.325 e. The summed E-state index contributed by atoms with van der Waals surface area (Å²) >= 11 is 0. The predicted molar refractivity (Wildman–Crippen MR) is 86.9 cm³/mol. The zero-order chi connectivity index (χ0) is 15.5. The number of carbonyl (C=O) groups excluding carboxylic acids is 2. The summed E-state index contributed by atoms with van der Waals surface area (Å²) in [6.07, 6.45) is 1.19. The van der Waals surface area contributed by atoms with Crippen molar-refractivity contribution in [3.63, 3.8) is 0 Å². The number of aryl methyl sites for hydroxylation is 2. The molecular weight excluding hydrogens is 276 g/mol. The third kappa shape index (κ3) is 3.01. The van der Waals surface area contributed by atoms with Gasteiger partial charge in [0.1, 0.15) is 6.54 Å². The Morgan fingerprint density at radius 3 is 2.59 bits per heavy atom. The maximum atomic E-state index is 12.2. The Kier molecular flexibility index (Phi) is 3.92. The molecule has 0 fully saturated rings. The SMILES string of the molecule is Cc1ccc(NC(=O)CN2C(=O)CCc3ccccc32)cc1. The summed E-state index contributed by atoms with van der Waals surface area (Å²) in [5, 5.41) is 2.83. The molecule has 0 aliphatic carbocycles. The van der Waals surface area contributed by atoms with Crippen molar-refractivity contribution in [2.45, 2.75) is 19.8 Å². The number of anilines is 2. The molecule has 0 spiro atoms. The molecule has 4 nitrogen and oxygen atoms in total. The number of para-hydroxylation sites is 1. The second kappa shape index (κ2) is 6.02. The van der Waals surface area contributed by atoms with E-state index < -0.39 is 0 Å². The monoisotopic (exact) mass is 294 g/mol. The van der Waals surface area contributed by atoms with Crippen molar-refractivity contribution in [2.75, 3.05) is 16.8 Å². The molecule has 4 heteroatoms. The van der Waals surface area contributed by atoms with Crippen LogP contribution in [0.1, 0.15) is 17.5 Å². The Morgan fingerprint density at radius 2 is 1.82 bits per heavy atom. The standard InChI is InChI=1S/C18H18N2O2/c1-13-6-9-15(10-7-13)19-17(21)12-20-16-5-3-2-4-14(16)8-11-18(20)22/h2-7,9-10H,8,11-12H2,1H3,(H,19,21). The van der Waals surface area contributed by atoms with Crippen molar-refractivity contribution in [1.82, 2.24) is 0 Å². The lowest BCUT2D eigenvalue weighted by Gasteiger charge is -2.28. The molecule has 0 aromatic heterocycles. The number of nitrogens with one attached hydrogen (secondary N) is 1. The lowest BCUT2D eigenvalue weighted by atomic mass is 10.0. The van der Waals surface area contributed by atoms with Crippen LogP contribution in [-0.2, 0) is 16.0 Å². The second-order valence-corrected chi connectivity index (χ2v) is 5.52. The highest BCUT2D eigenvalue weighted by molar-refractivity contribution is 6.04. The molecule has 0 unspecified atom stereocenters. The molecule has 1 heterocycles. The summed E-state index contributed by atoms with van der Waals surface area (Å²) < 4.78 is 0. The Labute approximate surface area is 129 Å². The fourth-order valence-corrected chi connectivity index (χ4v) is 2.65. The van der Waals surface area contributed by atoms with Gasteiger partial charge in [0, 0.05) is 17.8 Å². The van der Waals surface area contributed by atoms with Crippen molar-refractivity contribution in [3.05, 3.63) is 59.7 Å². The summed E-state index contributed by atoms with van der Waals surface area (Å²) in [6.45, 7) is 2.04. The highest BCUT2D eigenvalue weighted by Crippen LogP contribution is 2.27. The quantitative estimate of drug-likeness (QED) is 0.946. The molecule has 2 aromatic rings. The molecule has 0 saturated heterocycles. The summed E-state index contributed by atoms with van der Waals surface area (Å²) in [5.41, 5.74) is 3.84. The first-order valence-electron chi connectivity index (χ1n) is 7.38. The molecular formula is C18H18N2O2. The molecule has 3 rings (SSSR count). The topological polar surface area (TPSA) is 49.4 Å². The molecule has 0 bridgehead atoms. The lowest BCUT2D eigenvalue weighted by Crippen LogP contribution is -2.40. The smallest absolute Gasteiger partial charge is 0.244 e. The molecule has 1 aliphatic heterocycles. The molecule has 0 saturated carbocycles. The number of rotatable bonds is 3. The van der Waals surface area contributed by atoms with Crippen LogP contribution in [0.5, 0.6) is 0 Å². The normalized spacial score (nSPS) is 13.7. The van der Waals surface area contributed by atoms with Crippen LogP contribution in [0.2, 0.25) is 0 Å². The number of benzene rings is 2. The van der Waals surface area contributed by atoms with Gasteiger partial charge in [-0.1, -0.05) is 35.9 Å². The van der Waals surface area contributed by atoms with Crippen LogP contribution in [0, 0.1) is 6.92 Å². The number of amides is 2. The minimum atomic E-state index is -0.186. The fourth-order valence-electron chi connectivity index (χ4n) is 2.65. The van der Waals surface area contributed by atoms with Crippen molar-refractivity contribution in [3.8, 4) is 0 Å². The van der Waals surface area contributed by atoms with Gasteiger partial charge in [0.2, 0.25) is 11.8 Å². The first-order chi connectivity index (χ1) is 10.6. The zero-order valence-corrected chi connectivity index (χ0v) is 12.5. The van der Waals surface area contributed by atoms with Gasteiger partial charge in [0.15, 0.2) is 0 Å².